The molecule has 0 saturated heterocycles. The number of benzene rings is 2. The molecule has 0 spiro atoms. The predicted octanol–water partition coefficient (Wildman–Crippen LogP) is 3.81. The number of phenolic OH excluding ortho intramolecular Hbond substituents is 2. The number of nitriles is 1. The third kappa shape index (κ3) is 2.53. The van der Waals surface area contributed by atoms with Gasteiger partial charge in [-0.05, 0) is 72.1 Å². The van der Waals surface area contributed by atoms with Crippen LogP contribution in [-0.2, 0) is 18.3 Å². The summed E-state index contributed by atoms with van der Waals surface area (Å²) in [5, 5.41) is 28.7. The highest BCUT2D eigenvalue weighted by Crippen LogP contribution is 2.40. The lowest BCUT2D eigenvalue weighted by Crippen LogP contribution is -2.25. The zero-order valence-electron chi connectivity index (χ0n) is 12.6. The molecule has 2 N–H and O–H groups in total. The van der Waals surface area contributed by atoms with Crippen molar-refractivity contribution >= 4 is 0 Å². The summed E-state index contributed by atoms with van der Waals surface area (Å²) in [6, 6.07) is 12.9. The molecular weight excluding hydrogens is 274 g/mol. The van der Waals surface area contributed by atoms with Crippen LogP contribution in [0.1, 0.15) is 42.0 Å². The molecule has 2 aromatic carbocycles. The lowest BCUT2D eigenvalue weighted by atomic mass is 9.73. The van der Waals surface area contributed by atoms with Crippen LogP contribution in [0.3, 0.4) is 0 Å². The molecule has 22 heavy (non-hydrogen) atoms. The fraction of sp³-hybridized carbons (Fsp3) is 0.316. The Hall–Kier alpha value is -2.47. The Kier molecular flexibility index (Phi) is 3.54. The molecule has 3 nitrogen and oxygen atoms in total. The predicted molar refractivity (Wildman–Crippen MR) is 84.9 cm³/mol. The summed E-state index contributed by atoms with van der Waals surface area (Å²) in [6.07, 6.45) is 3.77. The van der Waals surface area contributed by atoms with Crippen LogP contribution in [-0.4, -0.2) is 10.2 Å². The summed E-state index contributed by atoms with van der Waals surface area (Å²) in [7, 11) is 0. The molecule has 0 bridgehead atoms. The van der Waals surface area contributed by atoms with E-state index >= 15 is 0 Å². The summed E-state index contributed by atoms with van der Waals surface area (Å²) in [4.78, 5) is 0. The first-order chi connectivity index (χ1) is 10.5. The van der Waals surface area contributed by atoms with Gasteiger partial charge < -0.3 is 10.2 Å². The van der Waals surface area contributed by atoms with Gasteiger partial charge >= 0.3 is 0 Å². The second-order valence-corrected chi connectivity index (χ2v) is 6.39. The largest absolute Gasteiger partial charge is 0.508 e. The fourth-order valence-corrected chi connectivity index (χ4v) is 3.58. The number of hydrogen-bond acceptors (Lipinski definition) is 3. The van der Waals surface area contributed by atoms with Gasteiger partial charge in [-0.1, -0.05) is 19.1 Å². The van der Waals surface area contributed by atoms with Crippen LogP contribution in [0.15, 0.2) is 36.4 Å². The van der Waals surface area contributed by atoms with E-state index in [2.05, 4.69) is 13.0 Å². The van der Waals surface area contributed by atoms with E-state index < -0.39 is 0 Å². The molecule has 3 heteroatoms. The number of nitrogens with zero attached hydrogens (tertiary/aromatic N) is 1. The van der Waals surface area contributed by atoms with Gasteiger partial charge in [0.25, 0.3) is 0 Å². The summed E-state index contributed by atoms with van der Waals surface area (Å²) in [6.45, 7) is 2.18. The minimum absolute atomic E-state index is 0.128. The van der Waals surface area contributed by atoms with E-state index in [0.29, 0.717) is 11.3 Å². The molecule has 0 radical (unpaired) electrons. The molecule has 3 rings (SSSR count). The Balaban J connectivity index is 2.07. The van der Waals surface area contributed by atoms with Crippen LogP contribution in [0.5, 0.6) is 11.5 Å². The SMILES string of the molecule is CC1(c2ccc(O)cc2C#N)CCCc2cc(O)ccc2C1. The fourth-order valence-electron chi connectivity index (χ4n) is 3.58. The average Bonchev–Trinajstić information content (AvgIpc) is 2.65. The van der Waals surface area contributed by atoms with Crippen LogP contribution < -0.4 is 0 Å². The Morgan fingerprint density at radius 2 is 1.77 bits per heavy atom. The van der Waals surface area contributed by atoms with E-state index in [-0.39, 0.29) is 11.2 Å². The molecule has 2 aromatic rings. The topological polar surface area (TPSA) is 64.2 Å². The molecule has 1 atom stereocenters. The minimum Gasteiger partial charge on any atom is -0.508 e. The Labute approximate surface area is 130 Å². The van der Waals surface area contributed by atoms with E-state index in [1.807, 2.05) is 18.2 Å². The molecule has 0 aliphatic heterocycles. The van der Waals surface area contributed by atoms with Crippen molar-refractivity contribution in [2.75, 3.05) is 0 Å². The van der Waals surface area contributed by atoms with Gasteiger partial charge in [0.05, 0.1) is 11.6 Å². The number of hydrogen-bond donors (Lipinski definition) is 2. The number of fused-ring (bicyclic) bond motifs is 1. The van der Waals surface area contributed by atoms with Crippen molar-refractivity contribution in [3.63, 3.8) is 0 Å². The zero-order chi connectivity index (χ0) is 15.7. The first kappa shape index (κ1) is 14.5. The monoisotopic (exact) mass is 293 g/mol. The number of aromatic hydroxyl groups is 2. The Morgan fingerprint density at radius 3 is 2.55 bits per heavy atom. The maximum atomic E-state index is 9.67. The average molecular weight is 293 g/mol. The van der Waals surface area contributed by atoms with Gasteiger partial charge in [0.1, 0.15) is 11.5 Å². The van der Waals surface area contributed by atoms with Gasteiger partial charge in [-0.25, -0.2) is 0 Å². The number of phenols is 2. The number of aryl methyl sites for hydroxylation is 1. The molecular formula is C19H19NO2. The van der Waals surface area contributed by atoms with Gasteiger partial charge in [-0.3, -0.25) is 0 Å². The first-order valence-corrected chi connectivity index (χ1v) is 7.56. The van der Waals surface area contributed by atoms with Gasteiger partial charge in [0.15, 0.2) is 0 Å². The molecule has 0 saturated carbocycles. The Bertz CT molecular complexity index is 761. The number of rotatable bonds is 1. The molecule has 0 amide bonds. The van der Waals surface area contributed by atoms with Crippen molar-refractivity contribution in [3.8, 4) is 17.6 Å². The lowest BCUT2D eigenvalue weighted by Gasteiger charge is -2.30. The van der Waals surface area contributed by atoms with E-state index in [1.165, 1.54) is 11.1 Å². The summed E-state index contributed by atoms with van der Waals surface area (Å²) >= 11 is 0. The maximum absolute atomic E-state index is 9.67. The van der Waals surface area contributed by atoms with Crippen molar-refractivity contribution in [1.82, 2.24) is 0 Å². The quantitative estimate of drug-likeness (QED) is 0.786. The van der Waals surface area contributed by atoms with Gasteiger partial charge in [-0.2, -0.15) is 5.26 Å². The second-order valence-electron chi connectivity index (χ2n) is 6.39. The zero-order valence-corrected chi connectivity index (χ0v) is 12.6. The first-order valence-electron chi connectivity index (χ1n) is 7.56. The normalized spacial score (nSPS) is 20.7. The molecule has 0 fully saturated rings. The Morgan fingerprint density at radius 1 is 1.05 bits per heavy atom. The van der Waals surface area contributed by atoms with E-state index in [0.717, 1.165) is 31.2 Å². The van der Waals surface area contributed by atoms with E-state index in [9.17, 15) is 15.5 Å². The molecule has 0 heterocycles. The second kappa shape index (κ2) is 5.38. The van der Waals surface area contributed by atoms with Crippen molar-refractivity contribution < 1.29 is 10.2 Å². The van der Waals surface area contributed by atoms with Crippen LogP contribution in [0.4, 0.5) is 0 Å². The molecule has 1 aliphatic rings. The van der Waals surface area contributed by atoms with Crippen LogP contribution >= 0.6 is 0 Å². The minimum atomic E-state index is -0.138. The van der Waals surface area contributed by atoms with E-state index in [4.69, 9.17) is 0 Å². The maximum Gasteiger partial charge on any atom is 0.116 e. The van der Waals surface area contributed by atoms with Crippen molar-refractivity contribution in [2.45, 2.75) is 38.0 Å². The van der Waals surface area contributed by atoms with Crippen LogP contribution in [0, 0.1) is 11.3 Å². The van der Waals surface area contributed by atoms with Crippen molar-refractivity contribution in [3.05, 3.63) is 58.7 Å². The van der Waals surface area contributed by atoms with Gasteiger partial charge in [0.2, 0.25) is 0 Å². The third-order valence-electron chi connectivity index (χ3n) is 4.72. The highest BCUT2D eigenvalue weighted by atomic mass is 16.3. The standard InChI is InChI=1S/C19H19NO2/c1-19(18-7-6-17(22)10-15(18)12-20)8-2-3-13-9-16(21)5-4-14(13)11-19/h4-7,9-10,21-22H,2-3,8,11H2,1H3. The summed E-state index contributed by atoms with van der Waals surface area (Å²) < 4.78 is 0. The highest BCUT2D eigenvalue weighted by Gasteiger charge is 2.32. The van der Waals surface area contributed by atoms with Gasteiger partial charge in [0, 0.05) is 0 Å². The van der Waals surface area contributed by atoms with Gasteiger partial charge in [-0.15, -0.1) is 0 Å². The lowest BCUT2D eigenvalue weighted by molar-refractivity contribution is 0.426. The third-order valence-corrected chi connectivity index (χ3v) is 4.72. The molecule has 0 aromatic heterocycles. The van der Waals surface area contributed by atoms with Crippen molar-refractivity contribution in [1.29, 1.82) is 5.26 Å². The van der Waals surface area contributed by atoms with Crippen LogP contribution in [0.2, 0.25) is 0 Å². The smallest absolute Gasteiger partial charge is 0.116 e. The summed E-state index contributed by atoms with van der Waals surface area (Å²) in [5.74, 6) is 0.438. The van der Waals surface area contributed by atoms with Crippen LogP contribution in [0.25, 0.3) is 0 Å². The molecule has 1 aliphatic carbocycles. The molecule has 1 unspecified atom stereocenters. The summed E-state index contributed by atoms with van der Waals surface area (Å²) in [5.41, 5.74) is 3.83. The van der Waals surface area contributed by atoms with Crippen molar-refractivity contribution in [2.24, 2.45) is 0 Å². The molecule has 112 valence electrons. The van der Waals surface area contributed by atoms with E-state index in [1.54, 1.807) is 18.2 Å². The highest BCUT2D eigenvalue weighted by molar-refractivity contribution is 5.48.